The van der Waals surface area contributed by atoms with Gasteiger partial charge in [0.25, 0.3) is 0 Å². The van der Waals surface area contributed by atoms with Crippen molar-refractivity contribution in [3.63, 3.8) is 0 Å². The molecule has 22 heavy (non-hydrogen) atoms. The third-order valence-corrected chi connectivity index (χ3v) is 5.25. The fraction of sp³-hybridized carbons (Fsp3) is 0.211. The highest BCUT2D eigenvalue weighted by Gasteiger charge is 2.17. The van der Waals surface area contributed by atoms with Gasteiger partial charge < -0.3 is 4.57 Å². The van der Waals surface area contributed by atoms with Crippen molar-refractivity contribution in [2.24, 2.45) is 0 Å². The van der Waals surface area contributed by atoms with Gasteiger partial charge in [-0.15, -0.1) is 11.3 Å². The van der Waals surface area contributed by atoms with Crippen molar-refractivity contribution in [1.29, 1.82) is 5.41 Å². The lowest BCUT2D eigenvalue weighted by molar-refractivity contribution is 0.506. The number of pyridine rings is 1. The highest BCUT2D eigenvalue weighted by atomic mass is 32.1. The normalized spacial score (nSPS) is 13.8. The van der Waals surface area contributed by atoms with E-state index in [1.807, 2.05) is 6.07 Å². The Morgan fingerprint density at radius 2 is 1.86 bits per heavy atom. The highest BCUT2D eigenvalue weighted by Crippen LogP contribution is 2.34. The van der Waals surface area contributed by atoms with Gasteiger partial charge in [0.05, 0.1) is 0 Å². The number of rotatable bonds is 2. The molecule has 3 heterocycles. The number of nitrogens with zero attached hydrogens (tertiary/aromatic N) is 1. The number of aryl methyl sites for hydroxylation is 1. The van der Waals surface area contributed by atoms with Crippen LogP contribution in [0.25, 0.3) is 21.6 Å². The molecule has 2 nitrogen and oxygen atoms in total. The van der Waals surface area contributed by atoms with E-state index in [2.05, 4.69) is 52.4 Å². The average Bonchev–Trinajstić information content (AvgIpc) is 3.10. The predicted octanol–water partition coefficient (Wildman–Crippen LogP) is 4.70. The molecule has 3 aromatic rings. The first kappa shape index (κ1) is 13.5. The van der Waals surface area contributed by atoms with E-state index in [-0.39, 0.29) is 0 Å². The predicted molar refractivity (Wildman–Crippen MR) is 92.0 cm³/mol. The monoisotopic (exact) mass is 306 g/mol. The highest BCUT2D eigenvalue weighted by molar-refractivity contribution is 7.13. The number of benzene rings is 1. The van der Waals surface area contributed by atoms with Crippen LogP contribution in [0.5, 0.6) is 0 Å². The van der Waals surface area contributed by atoms with Gasteiger partial charge >= 0.3 is 0 Å². The Morgan fingerprint density at radius 3 is 2.64 bits per heavy atom. The summed E-state index contributed by atoms with van der Waals surface area (Å²) in [4.78, 5) is 1.25. The molecule has 0 bridgehead atoms. The molecular formula is C19H18N2S. The molecule has 0 unspecified atom stereocenters. The molecule has 1 N–H and O–H groups in total. The third kappa shape index (κ3) is 2.22. The number of nitrogens with one attached hydrogen (secondary N) is 1. The van der Waals surface area contributed by atoms with Crippen LogP contribution in [0.15, 0.2) is 53.9 Å². The zero-order valence-corrected chi connectivity index (χ0v) is 13.2. The summed E-state index contributed by atoms with van der Waals surface area (Å²) in [7, 11) is 0. The standard InChI is InChI=1S/C19H18N2S/c20-19-18(14-7-2-1-3-8-14)16(17-10-6-12-22-17)13-15-9-4-5-11-21(15)19/h1-3,6-8,10,12-13,20H,4-5,9,11H2. The number of fused-ring (bicyclic) bond motifs is 1. The van der Waals surface area contributed by atoms with Gasteiger partial charge in [-0.3, -0.25) is 5.41 Å². The van der Waals surface area contributed by atoms with Crippen LogP contribution in [0.4, 0.5) is 0 Å². The van der Waals surface area contributed by atoms with Crippen molar-refractivity contribution in [3.05, 3.63) is 65.1 Å². The van der Waals surface area contributed by atoms with Crippen LogP contribution < -0.4 is 5.49 Å². The summed E-state index contributed by atoms with van der Waals surface area (Å²) in [6, 6.07) is 16.9. The SMILES string of the molecule is N=c1c(-c2ccccc2)c(-c2cccs2)cc2n1CCCC2. The smallest absolute Gasteiger partial charge is 0.133 e. The third-order valence-electron chi connectivity index (χ3n) is 4.35. The minimum Gasteiger partial charge on any atom is -0.330 e. The van der Waals surface area contributed by atoms with E-state index in [4.69, 9.17) is 5.41 Å². The molecular weight excluding hydrogens is 288 g/mol. The second-order valence-electron chi connectivity index (χ2n) is 5.73. The lowest BCUT2D eigenvalue weighted by Crippen LogP contribution is -2.28. The summed E-state index contributed by atoms with van der Waals surface area (Å²) in [5, 5.41) is 10.9. The molecule has 0 amide bonds. The number of aromatic nitrogens is 1. The van der Waals surface area contributed by atoms with Gasteiger partial charge in [0.1, 0.15) is 5.49 Å². The Hall–Kier alpha value is -2.13. The maximum absolute atomic E-state index is 8.77. The van der Waals surface area contributed by atoms with E-state index in [1.54, 1.807) is 11.3 Å². The van der Waals surface area contributed by atoms with Crippen LogP contribution in [-0.2, 0) is 13.0 Å². The zero-order valence-electron chi connectivity index (χ0n) is 12.4. The molecule has 2 aromatic heterocycles. The fourth-order valence-corrected chi connectivity index (χ4v) is 4.03. The first-order chi connectivity index (χ1) is 10.8. The Morgan fingerprint density at radius 1 is 1.00 bits per heavy atom. The van der Waals surface area contributed by atoms with Crippen molar-refractivity contribution in [2.75, 3.05) is 0 Å². The van der Waals surface area contributed by atoms with Gasteiger partial charge in [-0.1, -0.05) is 36.4 Å². The van der Waals surface area contributed by atoms with E-state index in [9.17, 15) is 0 Å². The first-order valence-electron chi connectivity index (χ1n) is 7.75. The first-order valence-corrected chi connectivity index (χ1v) is 8.63. The lowest BCUT2D eigenvalue weighted by atomic mass is 9.96. The minimum atomic E-state index is 0.659. The van der Waals surface area contributed by atoms with Crippen molar-refractivity contribution in [1.82, 2.24) is 4.57 Å². The molecule has 1 aromatic carbocycles. The second kappa shape index (κ2) is 5.58. The van der Waals surface area contributed by atoms with Gasteiger partial charge in [-0.25, -0.2) is 0 Å². The molecule has 0 atom stereocenters. The molecule has 4 rings (SSSR count). The topological polar surface area (TPSA) is 28.8 Å². The van der Waals surface area contributed by atoms with Gasteiger partial charge in [0, 0.05) is 28.2 Å². The average molecular weight is 306 g/mol. The maximum Gasteiger partial charge on any atom is 0.133 e. The van der Waals surface area contributed by atoms with Crippen molar-refractivity contribution < 1.29 is 0 Å². The Balaban J connectivity index is 2.04. The van der Waals surface area contributed by atoms with E-state index in [0.29, 0.717) is 5.49 Å². The number of hydrogen-bond acceptors (Lipinski definition) is 2. The lowest BCUT2D eigenvalue weighted by Gasteiger charge is -2.23. The molecule has 0 saturated carbocycles. The molecule has 1 aliphatic rings. The molecule has 1 aliphatic heterocycles. The van der Waals surface area contributed by atoms with Crippen molar-refractivity contribution >= 4 is 11.3 Å². The molecule has 0 fully saturated rings. The zero-order chi connectivity index (χ0) is 14.9. The van der Waals surface area contributed by atoms with Crippen molar-refractivity contribution in [2.45, 2.75) is 25.8 Å². The summed E-state index contributed by atoms with van der Waals surface area (Å²) in [5.41, 5.74) is 5.37. The van der Waals surface area contributed by atoms with Crippen molar-refractivity contribution in [3.8, 4) is 21.6 Å². The van der Waals surface area contributed by atoms with Crippen LogP contribution in [0.1, 0.15) is 18.5 Å². The van der Waals surface area contributed by atoms with Crippen LogP contribution in [-0.4, -0.2) is 4.57 Å². The summed E-state index contributed by atoms with van der Waals surface area (Å²) in [5.74, 6) is 0. The molecule has 0 spiro atoms. The molecule has 0 radical (unpaired) electrons. The number of hydrogen-bond donors (Lipinski definition) is 1. The second-order valence-corrected chi connectivity index (χ2v) is 6.67. The van der Waals surface area contributed by atoms with E-state index >= 15 is 0 Å². The summed E-state index contributed by atoms with van der Waals surface area (Å²) < 4.78 is 2.20. The summed E-state index contributed by atoms with van der Waals surface area (Å²) >= 11 is 1.75. The van der Waals surface area contributed by atoms with E-state index in [0.717, 1.165) is 24.1 Å². The van der Waals surface area contributed by atoms with Gasteiger partial charge in [0.15, 0.2) is 0 Å². The van der Waals surface area contributed by atoms with E-state index in [1.165, 1.54) is 29.0 Å². The largest absolute Gasteiger partial charge is 0.330 e. The van der Waals surface area contributed by atoms with Crippen LogP contribution in [0.3, 0.4) is 0 Å². The fourth-order valence-electron chi connectivity index (χ4n) is 3.28. The molecule has 3 heteroatoms. The Labute approximate surface area is 134 Å². The molecule has 0 saturated heterocycles. The van der Waals surface area contributed by atoms with Crippen LogP contribution in [0, 0.1) is 5.41 Å². The molecule has 0 aliphatic carbocycles. The van der Waals surface area contributed by atoms with E-state index < -0.39 is 0 Å². The van der Waals surface area contributed by atoms with Crippen LogP contribution in [0.2, 0.25) is 0 Å². The van der Waals surface area contributed by atoms with Crippen LogP contribution >= 0.6 is 11.3 Å². The van der Waals surface area contributed by atoms with Gasteiger partial charge in [0.2, 0.25) is 0 Å². The molecule has 110 valence electrons. The Bertz CT molecular complexity index is 845. The Kier molecular flexibility index (Phi) is 3.43. The quantitative estimate of drug-likeness (QED) is 0.711. The minimum absolute atomic E-state index is 0.659. The van der Waals surface area contributed by atoms with Gasteiger partial charge in [-0.05, 0) is 42.3 Å². The summed E-state index contributed by atoms with van der Waals surface area (Å²) in [6.07, 6.45) is 3.49. The van der Waals surface area contributed by atoms with Gasteiger partial charge in [-0.2, -0.15) is 0 Å². The number of thiophene rings is 1. The summed E-state index contributed by atoms with van der Waals surface area (Å²) in [6.45, 7) is 0.971. The maximum atomic E-state index is 8.77.